The number of carbonyl (C=O) groups is 4. The molecule has 226 valence electrons. The van der Waals surface area contributed by atoms with Gasteiger partial charge in [0.25, 0.3) is 5.91 Å². The monoisotopic (exact) mass is 574 g/mol. The smallest absolute Gasteiger partial charge is 0.405 e. The SMILES string of the molecule is COC1=C2C[C@@H](C)C[C@H](OC)[C@H](O)[C@@H](C)/C=C(\C)[C@H](OC(N)=O)[C@@H](OC)/C=C(C)\C=C(/C)C(=O)NC(=CC1=O)C2=O. The summed E-state index contributed by atoms with van der Waals surface area (Å²) in [6, 6.07) is 0. The Labute approximate surface area is 241 Å². The third-order valence-corrected chi connectivity index (χ3v) is 7.17. The largest absolute Gasteiger partial charge is 0.492 e. The van der Waals surface area contributed by atoms with Crippen LogP contribution in [0.2, 0.25) is 0 Å². The van der Waals surface area contributed by atoms with Crippen molar-refractivity contribution in [3.05, 3.63) is 58.1 Å². The number of aliphatic hydroxyl groups is 1. The number of methoxy groups -OCH3 is 3. The van der Waals surface area contributed by atoms with Gasteiger partial charge in [0.2, 0.25) is 11.6 Å². The summed E-state index contributed by atoms with van der Waals surface area (Å²) in [7, 11) is 4.23. The van der Waals surface area contributed by atoms with E-state index in [1.165, 1.54) is 21.3 Å². The van der Waals surface area contributed by atoms with Crippen molar-refractivity contribution in [3.8, 4) is 0 Å². The van der Waals surface area contributed by atoms with Gasteiger partial charge in [-0.3, -0.25) is 14.4 Å². The Bertz CT molecular complexity index is 1190. The molecule has 0 saturated carbocycles. The third-order valence-electron chi connectivity index (χ3n) is 7.17. The average Bonchev–Trinajstić information content (AvgIpc) is 2.90. The molecule has 4 N–H and O–H groups in total. The molecule has 1 heterocycles. The molecule has 1 aliphatic carbocycles. The molecule has 0 aromatic heterocycles. The quantitative estimate of drug-likeness (QED) is 0.338. The molecule has 0 saturated heterocycles. The second-order valence-electron chi connectivity index (χ2n) is 10.6. The summed E-state index contributed by atoms with van der Waals surface area (Å²) in [6.07, 6.45) is 2.24. The number of fused-ring (bicyclic) bond motifs is 2. The van der Waals surface area contributed by atoms with Crippen LogP contribution in [0.1, 0.15) is 47.5 Å². The van der Waals surface area contributed by atoms with Gasteiger partial charge < -0.3 is 35.1 Å². The van der Waals surface area contributed by atoms with Gasteiger partial charge in [-0.1, -0.05) is 31.6 Å². The molecule has 0 radical (unpaired) electrons. The van der Waals surface area contributed by atoms with Crippen LogP contribution in [0.3, 0.4) is 0 Å². The lowest BCUT2D eigenvalue weighted by Gasteiger charge is -2.30. The van der Waals surface area contributed by atoms with Crippen LogP contribution in [0.25, 0.3) is 0 Å². The fourth-order valence-electron chi connectivity index (χ4n) is 5.09. The van der Waals surface area contributed by atoms with Crippen molar-refractivity contribution >= 4 is 23.6 Å². The van der Waals surface area contributed by atoms with E-state index < -0.39 is 53.9 Å². The molecular weight excluding hydrogens is 532 g/mol. The van der Waals surface area contributed by atoms with Crippen molar-refractivity contribution in [1.29, 1.82) is 0 Å². The highest BCUT2D eigenvalue weighted by Crippen LogP contribution is 2.29. The van der Waals surface area contributed by atoms with Crippen molar-refractivity contribution in [2.45, 2.75) is 71.9 Å². The van der Waals surface area contributed by atoms with Crippen molar-refractivity contribution in [2.24, 2.45) is 17.6 Å². The Kier molecular flexibility index (Phi) is 12.2. The minimum atomic E-state index is -1.000. The van der Waals surface area contributed by atoms with Crippen LogP contribution < -0.4 is 11.1 Å². The molecule has 0 aromatic rings. The van der Waals surface area contributed by atoms with E-state index in [-0.39, 0.29) is 34.9 Å². The van der Waals surface area contributed by atoms with Crippen molar-refractivity contribution in [1.82, 2.24) is 5.32 Å². The van der Waals surface area contributed by atoms with Crippen LogP contribution in [0.5, 0.6) is 0 Å². The molecule has 0 spiro atoms. The maximum atomic E-state index is 13.4. The lowest BCUT2D eigenvalue weighted by Crippen LogP contribution is -2.37. The highest BCUT2D eigenvalue weighted by Gasteiger charge is 2.34. The molecule has 2 bridgehead atoms. The number of ether oxygens (including phenoxy) is 4. The molecule has 2 rings (SSSR count). The highest BCUT2D eigenvalue weighted by atomic mass is 16.6. The predicted molar refractivity (Wildman–Crippen MR) is 151 cm³/mol. The normalized spacial score (nSPS) is 33.0. The van der Waals surface area contributed by atoms with Gasteiger partial charge in [0.05, 0.1) is 25.0 Å². The summed E-state index contributed by atoms with van der Waals surface area (Å²) < 4.78 is 21.9. The highest BCUT2D eigenvalue weighted by molar-refractivity contribution is 6.23. The van der Waals surface area contributed by atoms with Crippen LogP contribution in [0, 0.1) is 11.8 Å². The Balaban J connectivity index is 2.66. The minimum Gasteiger partial charge on any atom is -0.492 e. The van der Waals surface area contributed by atoms with E-state index in [9.17, 15) is 24.3 Å². The summed E-state index contributed by atoms with van der Waals surface area (Å²) in [4.78, 5) is 51.0. The van der Waals surface area contributed by atoms with E-state index in [4.69, 9.17) is 24.7 Å². The number of Topliss-reactive ketones (excluding diaryl/α,β-unsaturated/α-hetero) is 1. The summed E-state index contributed by atoms with van der Waals surface area (Å²) in [5.74, 6) is -2.38. The van der Waals surface area contributed by atoms with E-state index in [1.807, 2.05) is 6.92 Å². The Morgan fingerprint density at radius 3 is 2.24 bits per heavy atom. The summed E-state index contributed by atoms with van der Waals surface area (Å²) in [5.41, 5.74) is 6.78. The van der Waals surface area contributed by atoms with Gasteiger partial charge >= 0.3 is 6.09 Å². The number of primary amides is 1. The van der Waals surface area contributed by atoms with Gasteiger partial charge in [-0.2, -0.15) is 0 Å². The molecule has 0 unspecified atom stereocenters. The molecule has 41 heavy (non-hydrogen) atoms. The van der Waals surface area contributed by atoms with E-state index >= 15 is 0 Å². The molecule has 2 aliphatic rings. The molecule has 2 amide bonds. The van der Waals surface area contributed by atoms with Crippen molar-refractivity contribution in [3.63, 3.8) is 0 Å². The fourth-order valence-corrected chi connectivity index (χ4v) is 5.09. The van der Waals surface area contributed by atoms with Crippen LogP contribution >= 0.6 is 0 Å². The first-order valence-corrected chi connectivity index (χ1v) is 13.4. The number of rotatable bonds is 4. The number of nitrogens with two attached hydrogens (primary N) is 1. The van der Waals surface area contributed by atoms with E-state index in [0.717, 1.165) is 6.08 Å². The third kappa shape index (κ3) is 8.72. The van der Waals surface area contributed by atoms with Crippen molar-refractivity contribution in [2.75, 3.05) is 21.3 Å². The number of amides is 2. The number of hydrogen-bond donors (Lipinski definition) is 3. The van der Waals surface area contributed by atoms with Gasteiger partial charge in [-0.05, 0) is 51.2 Å². The number of aliphatic hydroxyl groups excluding tert-OH is 1. The van der Waals surface area contributed by atoms with Crippen LogP contribution in [0.4, 0.5) is 4.79 Å². The van der Waals surface area contributed by atoms with E-state index in [2.05, 4.69) is 5.32 Å². The van der Waals surface area contributed by atoms with Gasteiger partial charge in [0.1, 0.15) is 6.10 Å². The molecule has 6 atom stereocenters. The topological polar surface area (TPSA) is 163 Å². The van der Waals surface area contributed by atoms with Crippen molar-refractivity contribution < 1.29 is 43.2 Å². The van der Waals surface area contributed by atoms with Crippen LogP contribution in [0.15, 0.2) is 58.1 Å². The summed E-state index contributed by atoms with van der Waals surface area (Å²) in [5, 5.41) is 13.7. The van der Waals surface area contributed by atoms with Gasteiger partial charge in [0, 0.05) is 37.4 Å². The first-order chi connectivity index (χ1) is 19.2. The zero-order valence-corrected chi connectivity index (χ0v) is 25.0. The minimum absolute atomic E-state index is 0.0793. The summed E-state index contributed by atoms with van der Waals surface area (Å²) in [6.45, 7) is 8.68. The average molecular weight is 575 g/mol. The Morgan fingerprint density at radius 2 is 1.68 bits per heavy atom. The first-order valence-electron chi connectivity index (χ1n) is 13.4. The zero-order chi connectivity index (χ0) is 31.0. The number of nitrogens with one attached hydrogen (secondary N) is 1. The fraction of sp³-hybridized carbons (Fsp3) is 0.533. The van der Waals surface area contributed by atoms with E-state index in [0.29, 0.717) is 17.6 Å². The zero-order valence-electron chi connectivity index (χ0n) is 25.0. The Morgan fingerprint density at radius 1 is 1.02 bits per heavy atom. The van der Waals surface area contributed by atoms with Gasteiger partial charge in [-0.25, -0.2) is 4.79 Å². The lowest BCUT2D eigenvalue weighted by atomic mass is 9.85. The Hall–Kier alpha value is -3.54. The maximum Gasteiger partial charge on any atom is 0.405 e. The number of hydrogen-bond acceptors (Lipinski definition) is 9. The number of carbonyl (C=O) groups excluding carboxylic acids is 4. The van der Waals surface area contributed by atoms with Crippen LogP contribution in [-0.2, 0) is 33.3 Å². The molecular formula is C30H42N2O9. The number of allylic oxidation sites excluding steroid dienone is 4. The molecule has 0 aromatic carbocycles. The number of ketones is 2. The van der Waals surface area contributed by atoms with E-state index in [1.54, 1.807) is 45.9 Å². The maximum absolute atomic E-state index is 13.4. The second-order valence-corrected chi connectivity index (χ2v) is 10.6. The van der Waals surface area contributed by atoms with Gasteiger partial charge in [-0.15, -0.1) is 0 Å². The molecule has 0 fully saturated rings. The first kappa shape index (κ1) is 33.7. The van der Waals surface area contributed by atoms with Gasteiger partial charge in [0.15, 0.2) is 11.9 Å². The molecule has 11 nitrogen and oxygen atoms in total. The lowest BCUT2D eigenvalue weighted by molar-refractivity contribution is -0.120. The molecule has 1 aliphatic heterocycles. The standard InChI is InChI=1S/C30H42N2O9/c1-15-9-19(5)29(36)32-21-14-22(33)28(40-8)20(26(21)35)10-16(2)11-23(38-6)25(34)17(3)13-18(4)27(41-30(31)37)24(12-15)39-7/h9,12-14,16-17,23-25,27,34H,10-11H2,1-8H3,(H2,31,37)(H,32,36)/b15-12-,18-13+,19-9+/t16-,17+,23+,24+,25-,27+/m1/s1. The summed E-state index contributed by atoms with van der Waals surface area (Å²) >= 11 is 0. The molecule has 11 heteroatoms. The van der Waals surface area contributed by atoms with Crippen LogP contribution in [-0.4, -0.2) is 74.4 Å². The predicted octanol–water partition coefficient (Wildman–Crippen LogP) is 2.80. The second kappa shape index (κ2) is 14.9.